The summed E-state index contributed by atoms with van der Waals surface area (Å²) in [5.41, 5.74) is 1.92. The molecule has 0 spiro atoms. The number of carbonyl (C=O) groups is 1. The van der Waals surface area contributed by atoms with Crippen LogP contribution in [0.3, 0.4) is 0 Å². The van der Waals surface area contributed by atoms with Crippen LogP contribution in [0.15, 0.2) is 23.8 Å². The quantitative estimate of drug-likeness (QED) is 0.660. The number of ether oxygens (including phenoxy) is 1. The van der Waals surface area contributed by atoms with Gasteiger partial charge >= 0.3 is 0 Å². The van der Waals surface area contributed by atoms with Gasteiger partial charge in [0.1, 0.15) is 0 Å². The fourth-order valence-corrected chi connectivity index (χ4v) is 6.50. The van der Waals surface area contributed by atoms with Gasteiger partial charge in [0.15, 0.2) is 5.78 Å². The highest BCUT2D eigenvalue weighted by Crippen LogP contribution is 2.64. The molecule has 5 atom stereocenters. The lowest BCUT2D eigenvalue weighted by Gasteiger charge is -2.59. The van der Waals surface area contributed by atoms with Crippen molar-refractivity contribution in [3.8, 4) is 0 Å². The largest absolute Gasteiger partial charge is 0.374 e. The van der Waals surface area contributed by atoms with Crippen molar-refractivity contribution in [3.05, 3.63) is 23.8 Å². The van der Waals surface area contributed by atoms with E-state index in [0.29, 0.717) is 23.2 Å². The van der Waals surface area contributed by atoms with Gasteiger partial charge in [-0.15, -0.1) is 0 Å². The molecule has 0 bridgehead atoms. The molecule has 0 heterocycles. The van der Waals surface area contributed by atoms with Crippen LogP contribution in [-0.4, -0.2) is 18.0 Å². The summed E-state index contributed by atoms with van der Waals surface area (Å²) < 4.78 is 6.82. The number of ketones is 1. The molecule has 0 N–H and O–H groups in total. The van der Waals surface area contributed by atoms with E-state index in [0.717, 1.165) is 19.4 Å². The van der Waals surface area contributed by atoms with Crippen LogP contribution in [0.2, 0.25) is 0 Å². The molecule has 0 aromatic rings. The Balaban J connectivity index is 1.69. The highest BCUT2D eigenvalue weighted by molar-refractivity contribution is 6.00. The normalized spacial score (nSPS) is 43.8. The summed E-state index contributed by atoms with van der Waals surface area (Å²) in [6.45, 7) is 5.68. The van der Waals surface area contributed by atoms with Crippen molar-refractivity contribution in [1.82, 2.24) is 0 Å². The highest BCUT2D eigenvalue weighted by Gasteiger charge is 2.61. The van der Waals surface area contributed by atoms with E-state index in [1.54, 1.807) is 6.08 Å². The topological polar surface area (TPSA) is 26.3 Å². The third kappa shape index (κ3) is 2.44. The van der Waals surface area contributed by atoms with Crippen LogP contribution in [0.4, 0.5) is 0 Å². The number of fused-ring (bicyclic) bond motifs is 5. The zero-order valence-electron chi connectivity index (χ0n) is 15.4. The SMILES string of the molecule is CCCCO[C@@]12CCC3=CC(=O)C=C[C@@H]3[C@H]1CC[C@]1(C)CCC[C@H]12. The molecule has 0 amide bonds. The third-order valence-electron chi connectivity index (χ3n) is 7.66. The first-order chi connectivity index (χ1) is 11.6. The van der Waals surface area contributed by atoms with E-state index >= 15 is 0 Å². The Morgan fingerprint density at radius 1 is 1.25 bits per heavy atom. The van der Waals surface area contributed by atoms with E-state index in [9.17, 15) is 4.79 Å². The van der Waals surface area contributed by atoms with Gasteiger partial charge in [-0.25, -0.2) is 0 Å². The Morgan fingerprint density at radius 2 is 2.12 bits per heavy atom. The number of hydrogen-bond donors (Lipinski definition) is 0. The molecule has 0 aromatic heterocycles. The third-order valence-corrected chi connectivity index (χ3v) is 7.66. The van der Waals surface area contributed by atoms with Crippen molar-refractivity contribution in [1.29, 1.82) is 0 Å². The summed E-state index contributed by atoms with van der Waals surface area (Å²) in [6, 6.07) is 0. The number of allylic oxidation sites excluding steroid dienone is 4. The lowest BCUT2D eigenvalue weighted by Crippen LogP contribution is -2.59. The molecule has 4 aliphatic rings. The lowest BCUT2D eigenvalue weighted by molar-refractivity contribution is -0.194. The first kappa shape index (κ1) is 16.6. The molecule has 0 saturated heterocycles. The van der Waals surface area contributed by atoms with Crippen molar-refractivity contribution in [2.45, 2.75) is 77.2 Å². The Bertz CT molecular complexity index is 575. The first-order valence-electron chi connectivity index (χ1n) is 10.2. The van der Waals surface area contributed by atoms with E-state index in [4.69, 9.17) is 4.74 Å². The second-order valence-electron chi connectivity index (χ2n) is 8.91. The first-order valence-corrected chi connectivity index (χ1v) is 10.2. The van der Waals surface area contributed by atoms with E-state index in [1.807, 2.05) is 6.08 Å². The van der Waals surface area contributed by atoms with Gasteiger partial charge in [0.2, 0.25) is 0 Å². The van der Waals surface area contributed by atoms with Gasteiger partial charge in [0.25, 0.3) is 0 Å². The molecular weight excluding hydrogens is 296 g/mol. The number of carbonyl (C=O) groups excluding carboxylic acids is 1. The molecule has 3 saturated carbocycles. The van der Waals surface area contributed by atoms with Crippen LogP contribution in [-0.2, 0) is 9.53 Å². The van der Waals surface area contributed by atoms with Crippen LogP contribution < -0.4 is 0 Å². The summed E-state index contributed by atoms with van der Waals surface area (Å²) in [5, 5.41) is 0. The second kappa shape index (κ2) is 6.12. The van der Waals surface area contributed by atoms with Crippen LogP contribution in [0, 0.1) is 23.2 Å². The minimum absolute atomic E-state index is 0.0609. The van der Waals surface area contributed by atoms with Gasteiger partial charge in [0.05, 0.1) is 5.60 Å². The van der Waals surface area contributed by atoms with E-state index in [1.165, 1.54) is 50.5 Å². The minimum atomic E-state index is 0.0609. The molecule has 0 radical (unpaired) electrons. The fraction of sp³-hybridized carbons (Fsp3) is 0.773. The average Bonchev–Trinajstić information content (AvgIpc) is 2.97. The molecule has 4 rings (SSSR count). The average molecular weight is 328 g/mol. The standard InChI is InChI=1S/C22H32O2/c1-3-4-14-24-22-13-9-16-15-17(23)7-8-18(16)19(22)10-12-21(2)11-5-6-20(21)22/h7-8,15,18-20H,3-6,9-14H2,1-2H3/t18-,19+,20+,21-,22-/m0/s1. The lowest BCUT2D eigenvalue weighted by atomic mass is 9.50. The molecule has 24 heavy (non-hydrogen) atoms. The summed E-state index contributed by atoms with van der Waals surface area (Å²) >= 11 is 0. The summed E-state index contributed by atoms with van der Waals surface area (Å²) in [5.74, 6) is 1.92. The van der Waals surface area contributed by atoms with Crippen molar-refractivity contribution in [2.24, 2.45) is 23.2 Å². The molecule has 3 fully saturated rings. The fourth-order valence-electron chi connectivity index (χ4n) is 6.50. The maximum absolute atomic E-state index is 11.8. The van der Waals surface area contributed by atoms with E-state index in [2.05, 4.69) is 19.9 Å². The van der Waals surface area contributed by atoms with Crippen molar-refractivity contribution in [2.75, 3.05) is 6.61 Å². The molecule has 0 aromatic carbocycles. The van der Waals surface area contributed by atoms with Gasteiger partial charge in [0, 0.05) is 12.5 Å². The van der Waals surface area contributed by atoms with Gasteiger partial charge in [-0.3, -0.25) is 4.79 Å². The predicted octanol–water partition coefficient (Wildman–Crippen LogP) is 5.23. The molecule has 2 nitrogen and oxygen atoms in total. The Kier molecular flexibility index (Phi) is 4.23. The summed E-state index contributed by atoms with van der Waals surface area (Å²) in [7, 11) is 0. The smallest absolute Gasteiger partial charge is 0.178 e. The Labute approximate surface area is 146 Å². The zero-order chi connectivity index (χ0) is 16.8. The highest BCUT2D eigenvalue weighted by atomic mass is 16.5. The number of rotatable bonds is 4. The van der Waals surface area contributed by atoms with Gasteiger partial charge in [-0.2, -0.15) is 0 Å². The summed E-state index contributed by atoms with van der Waals surface area (Å²) in [6.07, 6.45) is 17.2. The molecule has 4 aliphatic carbocycles. The number of hydrogen-bond acceptors (Lipinski definition) is 2. The van der Waals surface area contributed by atoms with Crippen molar-refractivity contribution < 1.29 is 9.53 Å². The summed E-state index contributed by atoms with van der Waals surface area (Å²) in [4.78, 5) is 11.8. The van der Waals surface area contributed by atoms with Gasteiger partial charge in [-0.1, -0.05) is 38.3 Å². The van der Waals surface area contributed by atoms with E-state index < -0.39 is 0 Å². The molecule has 2 heteroatoms. The van der Waals surface area contributed by atoms with Crippen LogP contribution in [0.1, 0.15) is 71.6 Å². The maximum Gasteiger partial charge on any atom is 0.178 e. The monoisotopic (exact) mass is 328 g/mol. The minimum Gasteiger partial charge on any atom is -0.374 e. The molecule has 132 valence electrons. The van der Waals surface area contributed by atoms with Crippen molar-refractivity contribution >= 4 is 5.78 Å². The second-order valence-corrected chi connectivity index (χ2v) is 8.91. The predicted molar refractivity (Wildman–Crippen MR) is 96.7 cm³/mol. The van der Waals surface area contributed by atoms with Gasteiger partial charge in [-0.05, 0) is 74.3 Å². The van der Waals surface area contributed by atoms with E-state index in [-0.39, 0.29) is 11.4 Å². The van der Waals surface area contributed by atoms with Crippen LogP contribution >= 0.6 is 0 Å². The van der Waals surface area contributed by atoms with Crippen LogP contribution in [0.25, 0.3) is 0 Å². The van der Waals surface area contributed by atoms with Crippen molar-refractivity contribution in [3.63, 3.8) is 0 Å². The molecule has 0 unspecified atom stereocenters. The van der Waals surface area contributed by atoms with Gasteiger partial charge < -0.3 is 4.74 Å². The van der Waals surface area contributed by atoms with Crippen LogP contribution in [0.5, 0.6) is 0 Å². The maximum atomic E-state index is 11.8. The zero-order valence-corrected chi connectivity index (χ0v) is 15.4. The Morgan fingerprint density at radius 3 is 2.96 bits per heavy atom. The Hall–Kier alpha value is -0.890. The molecular formula is C22H32O2. The molecule has 0 aliphatic heterocycles. The number of unbranched alkanes of at least 4 members (excludes halogenated alkanes) is 1.